The van der Waals surface area contributed by atoms with Crippen LogP contribution in [0.5, 0.6) is 0 Å². The number of aliphatic carboxylic acids is 1. The van der Waals surface area contributed by atoms with Gasteiger partial charge in [0.25, 0.3) is 0 Å². The van der Waals surface area contributed by atoms with Crippen LogP contribution in [-0.2, 0) is 31.5 Å². The van der Waals surface area contributed by atoms with Crippen LogP contribution in [0.15, 0.2) is 47.4 Å². The highest BCUT2D eigenvalue weighted by molar-refractivity contribution is 7.92. The molecule has 1 N–H and O–H groups in total. The molecular formula is C29H29F8N3O5S. The smallest absolute Gasteiger partial charge is 0.435 e. The molecule has 3 aliphatic rings. The van der Waals surface area contributed by atoms with E-state index >= 15 is 4.39 Å². The molecule has 0 bridgehead atoms. The number of carboxylic acids is 1. The van der Waals surface area contributed by atoms with Crippen LogP contribution in [0.1, 0.15) is 36.5 Å². The molecule has 0 radical (unpaired) electrons. The van der Waals surface area contributed by atoms with Gasteiger partial charge < -0.3 is 14.9 Å². The second kappa shape index (κ2) is 11.3. The van der Waals surface area contributed by atoms with Gasteiger partial charge in [-0.25, -0.2) is 22.0 Å². The Bertz CT molecular complexity index is 1620. The van der Waals surface area contributed by atoms with Gasteiger partial charge in [-0.1, -0.05) is 18.2 Å². The summed E-state index contributed by atoms with van der Waals surface area (Å²) in [5.41, 5.74) is -7.90. The summed E-state index contributed by atoms with van der Waals surface area (Å²) in [7, 11) is -4.62. The van der Waals surface area contributed by atoms with Crippen LogP contribution >= 0.6 is 0 Å². The van der Waals surface area contributed by atoms with Gasteiger partial charge >= 0.3 is 30.0 Å². The Morgan fingerprint density at radius 3 is 2.15 bits per heavy atom. The first-order valence-corrected chi connectivity index (χ1v) is 15.7. The lowest BCUT2D eigenvalue weighted by molar-refractivity contribution is -0.348. The molecule has 0 unspecified atom stereocenters. The Morgan fingerprint density at radius 1 is 0.957 bits per heavy atom. The second-order valence-corrected chi connectivity index (χ2v) is 14.0. The summed E-state index contributed by atoms with van der Waals surface area (Å²) in [6.45, 7) is 1.75. The van der Waals surface area contributed by atoms with Gasteiger partial charge in [0.05, 0.1) is 17.5 Å². The normalized spacial score (nSPS) is 24.5. The minimum Gasteiger partial charge on any atom is -0.480 e. The molecule has 2 amide bonds. The van der Waals surface area contributed by atoms with Crippen molar-refractivity contribution in [2.24, 2.45) is 0 Å². The number of aryl methyl sites for hydroxylation is 1. The standard InChI is InChI=1S/C29H29F8N3O5S/c1-17-15-39(13-12-38(17)16-24(41)42)25(43)40-11-10-26(46(44,45)21-6-4-20(30)5-7-21)22-8-3-19(14-18(22)2-9-23(26)40)27(31,28(32,33)34)29(35,36)37/h3-8,14,17,23H,2,9-13,15-16H2,1H3,(H,41,42)/t17-,23+,26+/m1/s1. The third-order valence-electron chi connectivity index (χ3n) is 9.29. The van der Waals surface area contributed by atoms with Crippen molar-refractivity contribution in [3.63, 3.8) is 0 Å². The zero-order chi connectivity index (χ0) is 34.0. The predicted molar refractivity (Wildman–Crippen MR) is 146 cm³/mol. The molecule has 2 aromatic carbocycles. The van der Waals surface area contributed by atoms with E-state index in [1.54, 1.807) is 11.8 Å². The number of rotatable bonds is 5. The van der Waals surface area contributed by atoms with Gasteiger partial charge in [0.15, 0.2) is 9.84 Å². The monoisotopic (exact) mass is 683 g/mol. The number of piperazine rings is 1. The van der Waals surface area contributed by atoms with Gasteiger partial charge in [-0.2, -0.15) is 26.3 Å². The van der Waals surface area contributed by atoms with Crippen LogP contribution in [-0.4, -0.2) is 97.4 Å². The molecule has 2 fully saturated rings. The lowest BCUT2D eigenvalue weighted by Gasteiger charge is -2.45. The fraction of sp³-hybridized carbons (Fsp3) is 0.517. The number of likely N-dealkylation sites (tertiary alicyclic amines) is 1. The van der Waals surface area contributed by atoms with E-state index in [0.717, 1.165) is 30.3 Å². The maximum Gasteiger partial charge on any atom is 0.435 e. The molecule has 5 rings (SSSR count). The molecule has 0 aromatic heterocycles. The van der Waals surface area contributed by atoms with Gasteiger partial charge in [0.2, 0.25) is 0 Å². The van der Waals surface area contributed by atoms with Crippen molar-refractivity contribution in [3.05, 3.63) is 65.0 Å². The number of amides is 2. The van der Waals surface area contributed by atoms with Gasteiger partial charge in [0.1, 0.15) is 10.6 Å². The number of urea groups is 1. The van der Waals surface area contributed by atoms with Crippen molar-refractivity contribution in [3.8, 4) is 0 Å². The molecule has 2 saturated heterocycles. The molecule has 46 heavy (non-hydrogen) atoms. The van der Waals surface area contributed by atoms with Gasteiger partial charge in [0, 0.05) is 37.8 Å². The highest BCUT2D eigenvalue weighted by atomic mass is 32.2. The maximum atomic E-state index is 15.0. The number of halogens is 8. The van der Waals surface area contributed by atoms with E-state index in [-0.39, 0.29) is 80.1 Å². The number of benzene rings is 2. The number of hydrogen-bond donors (Lipinski definition) is 1. The molecule has 17 heteroatoms. The first-order chi connectivity index (χ1) is 21.3. The summed E-state index contributed by atoms with van der Waals surface area (Å²) in [6.07, 6.45) is -13.5. The largest absolute Gasteiger partial charge is 0.480 e. The van der Waals surface area contributed by atoms with Gasteiger partial charge in [-0.15, -0.1) is 0 Å². The Hall–Kier alpha value is -3.47. The van der Waals surface area contributed by atoms with Crippen molar-refractivity contribution < 1.29 is 58.2 Å². The first-order valence-electron chi connectivity index (χ1n) is 14.2. The Balaban J connectivity index is 1.60. The summed E-state index contributed by atoms with van der Waals surface area (Å²) in [5.74, 6) is -1.82. The third-order valence-corrected chi connectivity index (χ3v) is 11.8. The van der Waals surface area contributed by atoms with Crippen LogP contribution in [0.25, 0.3) is 0 Å². The second-order valence-electron chi connectivity index (χ2n) is 11.8. The van der Waals surface area contributed by atoms with Crippen LogP contribution in [0, 0.1) is 5.82 Å². The lowest BCUT2D eigenvalue weighted by atomic mass is 9.77. The minimum absolute atomic E-state index is 0.112. The average Bonchev–Trinajstić information content (AvgIpc) is 3.37. The average molecular weight is 684 g/mol. The van der Waals surface area contributed by atoms with E-state index in [4.69, 9.17) is 5.11 Å². The Kier molecular flexibility index (Phi) is 8.36. The van der Waals surface area contributed by atoms with Crippen molar-refractivity contribution in [2.75, 3.05) is 32.7 Å². The maximum absolute atomic E-state index is 15.0. The highest BCUT2D eigenvalue weighted by Gasteiger charge is 2.74. The molecule has 0 spiro atoms. The van der Waals surface area contributed by atoms with E-state index in [0.29, 0.717) is 6.07 Å². The van der Waals surface area contributed by atoms with Crippen LogP contribution in [0.3, 0.4) is 0 Å². The van der Waals surface area contributed by atoms with Crippen molar-refractivity contribution in [1.29, 1.82) is 0 Å². The molecule has 8 nitrogen and oxygen atoms in total. The number of alkyl halides is 7. The minimum atomic E-state index is -6.38. The number of carbonyl (C=O) groups is 2. The van der Waals surface area contributed by atoms with Crippen molar-refractivity contribution >= 4 is 21.8 Å². The molecule has 1 aliphatic carbocycles. The summed E-state index contributed by atoms with van der Waals surface area (Å²) < 4.78 is 137. The summed E-state index contributed by atoms with van der Waals surface area (Å²) in [6, 6.07) is 3.07. The van der Waals surface area contributed by atoms with E-state index in [9.17, 15) is 48.7 Å². The fourth-order valence-electron chi connectivity index (χ4n) is 7.04. The molecular weight excluding hydrogens is 654 g/mol. The number of nitrogens with zero attached hydrogens (tertiary/aromatic N) is 3. The van der Waals surface area contributed by atoms with Crippen molar-refractivity contribution in [2.45, 2.75) is 65.9 Å². The number of fused-ring (bicyclic) bond motifs is 3. The summed E-state index contributed by atoms with van der Waals surface area (Å²) >= 11 is 0. The quantitative estimate of drug-likeness (QED) is 0.352. The summed E-state index contributed by atoms with van der Waals surface area (Å²) in [5, 5.41) is 9.16. The van der Waals surface area contributed by atoms with E-state index in [1.165, 1.54) is 9.80 Å². The molecule has 252 valence electrons. The van der Waals surface area contributed by atoms with E-state index in [2.05, 4.69) is 0 Å². The SMILES string of the molecule is C[C@@H]1CN(C(=O)N2CC[C@]3(S(=O)(=O)c4ccc(F)cc4)c4ccc(C(F)(C(F)(F)F)C(F)(F)F)cc4CC[C@H]23)CCN1CC(=O)O. The van der Waals surface area contributed by atoms with Gasteiger partial charge in [-0.3, -0.25) is 9.69 Å². The third kappa shape index (κ3) is 5.18. The van der Waals surface area contributed by atoms with E-state index in [1.807, 2.05) is 0 Å². The van der Waals surface area contributed by atoms with Crippen LogP contribution < -0.4 is 0 Å². The van der Waals surface area contributed by atoms with Crippen LogP contribution in [0.2, 0.25) is 0 Å². The highest BCUT2D eigenvalue weighted by Crippen LogP contribution is 2.56. The molecule has 2 aliphatic heterocycles. The predicted octanol–water partition coefficient (Wildman–Crippen LogP) is 5.02. The Labute approximate surface area is 258 Å². The number of hydrogen-bond acceptors (Lipinski definition) is 5. The number of sulfone groups is 1. The topological polar surface area (TPSA) is 98.2 Å². The first kappa shape index (κ1) is 33.9. The number of carboxylic acid groups (broad SMARTS) is 1. The van der Waals surface area contributed by atoms with Crippen molar-refractivity contribution in [1.82, 2.24) is 14.7 Å². The Morgan fingerprint density at radius 2 is 1.59 bits per heavy atom. The number of carbonyl (C=O) groups excluding carboxylic acids is 1. The van der Waals surface area contributed by atoms with Crippen LogP contribution in [0.4, 0.5) is 39.9 Å². The van der Waals surface area contributed by atoms with E-state index < -0.39 is 62.0 Å². The zero-order valence-corrected chi connectivity index (χ0v) is 25.0. The molecule has 2 aromatic rings. The fourth-order valence-corrected chi connectivity index (χ4v) is 9.41. The summed E-state index contributed by atoms with van der Waals surface area (Å²) in [4.78, 5) is 29.1. The molecule has 0 saturated carbocycles. The molecule has 2 heterocycles. The molecule has 3 atom stereocenters. The van der Waals surface area contributed by atoms with Gasteiger partial charge in [-0.05, 0) is 61.6 Å². The zero-order valence-electron chi connectivity index (χ0n) is 24.2. The lowest BCUT2D eigenvalue weighted by Crippen LogP contribution is -2.59.